The van der Waals surface area contributed by atoms with Crippen LogP contribution >= 0.6 is 0 Å². The largest absolute Gasteiger partial charge is 0.496 e. The first-order valence-corrected chi connectivity index (χ1v) is 6.06. The molecule has 0 saturated heterocycles. The quantitative estimate of drug-likeness (QED) is 0.654. The maximum atomic E-state index is 11.6. The van der Waals surface area contributed by atoms with E-state index in [0.29, 0.717) is 11.3 Å². The summed E-state index contributed by atoms with van der Waals surface area (Å²) in [7, 11) is 1.59. The predicted octanol–water partition coefficient (Wildman–Crippen LogP) is 2.16. The Morgan fingerprint density at radius 3 is 2.78 bits per heavy atom. The molecule has 1 aliphatic carbocycles. The lowest BCUT2D eigenvalue weighted by Crippen LogP contribution is -2.06. The summed E-state index contributed by atoms with van der Waals surface area (Å²) >= 11 is 0. The molecular formula is C15H18O3. The van der Waals surface area contributed by atoms with Gasteiger partial charge in [-0.15, -0.1) is 0 Å². The molecule has 0 radical (unpaired) electrons. The van der Waals surface area contributed by atoms with E-state index in [1.54, 1.807) is 14.0 Å². The van der Waals surface area contributed by atoms with E-state index in [0.717, 1.165) is 24.0 Å². The summed E-state index contributed by atoms with van der Waals surface area (Å²) in [5, 5.41) is 9.16. The molecule has 96 valence electrons. The molecule has 0 unspecified atom stereocenters. The minimum atomic E-state index is 0.0130. The maximum Gasteiger partial charge on any atom is 0.163 e. The van der Waals surface area contributed by atoms with Crippen LogP contribution in [0.1, 0.15) is 28.4 Å². The van der Waals surface area contributed by atoms with Crippen LogP contribution in [0, 0.1) is 5.92 Å². The van der Waals surface area contributed by atoms with Crippen LogP contribution in [0.2, 0.25) is 0 Å². The third-order valence-corrected chi connectivity index (χ3v) is 3.64. The molecule has 2 rings (SSSR count). The van der Waals surface area contributed by atoms with Gasteiger partial charge in [0, 0.05) is 0 Å². The molecule has 0 amide bonds. The zero-order valence-corrected chi connectivity index (χ0v) is 10.8. The summed E-state index contributed by atoms with van der Waals surface area (Å²) in [5.41, 5.74) is 3.75. The average molecular weight is 246 g/mol. The van der Waals surface area contributed by atoms with Gasteiger partial charge < -0.3 is 9.84 Å². The van der Waals surface area contributed by atoms with Gasteiger partial charge in [0.2, 0.25) is 0 Å². The molecule has 1 aromatic carbocycles. The van der Waals surface area contributed by atoms with Gasteiger partial charge in [0.1, 0.15) is 5.75 Å². The second-order valence-corrected chi connectivity index (χ2v) is 4.76. The Morgan fingerprint density at radius 1 is 1.50 bits per heavy atom. The topological polar surface area (TPSA) is 46.5 Å². The zero-order chi connectivity index (χ0) is 13.3. The van der Waals surface area contributed by atoms with Crippen molar-refractivity contribution in [1.82, 2.24) is 0 Å². The highest BCUT2D eigenvalue weighted by Gasteiger charge is 2.28. The van der Waals surface area contributed by atoms with Gasteiger partial charge in [-0.25, -0.2) is 0 Å². The Balaban J connectivity index is 2.41. The van der Waals surface area contributed by atoms with Crippen molar-refractivity contribution < 1.29 is 14.6 Å². The van der Waals surface area contributed by atoms with E-state index in [9.17, 15) is 4.79 Å². The second-order valence-electron chi connectivity index (χ2n) is 4.76. The van der Waals surface area contributed by atoms with E-state index in [1.807, 2.05) is 12.1 Å². The molecule has 3 nitrogen and oxygen atoms in total. The summed E-state index contributed by atoms with van der Waals surface area (Å²) in [4.78, 5) is 11.6. The van der Waals surface area contributed by atoms with Crippen molar-refractivity contribution >= 4 is 5.78 Å². The molecule has 1 aromatic rings. The minimum absolute atomic E-state index is 0.0130. The SMILES string of the molecule is C=C(CO)[C@@H]1Cc2ccc(C(C)=O)c(OC)c2C1. The minimum Gasteiger partial charge on any atom is -0.496 e. The lowest BCUT2D eigenvalue weighted by Gasteiger charge is -2.11. The Hall–Kier alpha value is -1.61. The van der Waals surface area contributed by atoms with Crippen LogP contribution in [-0.4, -0.2) is 24.6 Å². The highest BCUT2D eigenvalue weighted by atomic mass is 16.5. The van der Waals surface area contributed by atoms with Crippen molar-refractivity contribution in [1.29, 1.82) is 0 Å². The molecule has 1 N–H and O–H groups in total. The van der Waals surface area contributed by atoms with Gasteiger partial charge >= 0.3 is 0 Å². The Morgan fingerprint density at radius 2 is 2.22 bits per heavy atom. The van der Waals surface area contributed by atoms with Crippen molar-refractivity contribution in [2.45, 2.75) is 19.8 Å². The number of fused-ring (bicyclic) bond motifs is 1. The summed E-state index contributed by atoms with van der Waals surface area (Å²) in [5.74, 6) is 0.952. The van der Waals surface area contributed by atoms with E-state index >= 15 is 0 Å². The van der Waals surface area contributed by atoms with Gasteiger partial charge in [-0.3, -0.25) is 4.79 Å². The number of carbonyl (C=O) groups excluding carboxylic acids is 1. The van der Waals surface area contributed by atoms with Crippen molar-refractivity contribution in [2.75, 3.05) is 13.7 Å². The third kappa shape index (κ3) is 2.06. The van der Waals surface area contributed by atoms with Crippen LogP contribution in [-0.2, 0) is 12.8 Å². The van der Waals surface area contributed by atoms with Gasteiger partial charge in [0.05, 0.1) is 19.3 Å². The molecular weight excluding hydrogens is 228 g/mol. The molecule has 0 aromatic heterocycles. The van der Waals surface area contributed by atoms with E-state index in [-0.39, 0.29) is 18.3 Å². The summed E-state index contributed by atoms with van der Waals surface area (Å²) < 4.78 is 5.40. The molecule has 0 aliphatic heterocycles. The molecule has 1 atom stereocenters. The van der Waals surface area contributed by atoms with Crippen molar-refractivity contribution in [3.63, 3.8) is 0 Å². The fourth-order valence-electron chi connectivity index (χ4n) is 2.60. The maximum absolute atomic E-state index is 11.6. The van der Waals surface area contributed by atoms with E-state index < -0.39 is 0 Å². The monoisotopic (exact) mass is 246 g/mol. The lowest BCUT2D eigenvalue weighted by molar-refractivity contribution is 0.101. The predicted molar refractivity (Wildman–Crippen MR) is 70.1 cm³/mol. The Bertz CT molecular complexity index is 503. The molecule has 0 spiro atoms. The normalized spacial score (nSPS) is 17.4. The molecule has 0 saturated carbocycles. The molecule has 18 heavy (non-hydrogen) atoms. The van der Waals surface area contributed by atoms with Gasteiger partial charge in [-0.1, -0.05) is 12.6 Å². The van der Waals surface area contributed by atoms with Gasteiger partial charge in [0.15, 0.2) is 5.78 Å². The number of aliphatic hydroxyl groups is 1. The molecule has 1 aliphatic rings. The number of rotatable bonds is 4. The number of hydrogen-bond acceptors (Lipinski definition) is 3. The molecule has 0 fully saturated rings. The van der Waals surface area contributed by atoms with Gasteiger partial charge in [0.25, 0.3) is 0 Å². The van der Waals surface area contributed by atoms with Crippen molar-refractivity contribution in [3.8, 4) is 5.75 Å². The Labute approximate surface area is 107 Å². The van der Waals surface area contributed by atoms with Gasteiger partial charge in [-0.2, -0.15) is 0 Å². The number of methoxy groups -OCH3 is 1. The number of hydrogen-bond donors (Lipinski definition) is 1. The first-order valence-electron chi connectivity index (χ1n) is 6.06. The van der Waals surface area contributed by atoms with Crippen LogP contribution in [0.15, 0.2) is 24.3 Å². The fraction of sp³-hybridized carbons (Fsp3) is 0.400. The van der Waals surface area contributed by atoms with Crippen LogP contribution in [0.4, 0.5) is 0 Å². The number of ether oxygens (including phenoxy) is 1. The van der Waals surface area contributed by atoms with Crippen molar-refractivity contribution in [2.24, 2.45) is 5.92 Å². The molecule has 3 heteroatoms. The zero-order valence-electron chi connectivity index (χ0n) is 10.8. The highest BCUT2D eigenvalue weighted by Crippen LogP contribution is 2.38. The van der Waals surface area contributed by atoms with Crippen molar-refractivity contribution in [3.05, 3.63) is 41.0 Å². The molecule has 0 heterocycles. The molecule has 0 bridgehead atoms. The van der Waals surface area contributed by atoms with E-state index in [2.05, 4.69) is 6.58 Å². The smallest absolute Gasteiger partial charge is 0.163 e. The standard InChI is InChI=1S/C15H18O3/c1-9(8-16)12-6-11-4-5-13(10(2)17)15(18-3)14(11)7-12/h4-5,12,16H,1,6-8H2,2-3H3/t12-/m1/s1. The van der Waals surface area contributed by atoms with E-state index in [1.165, 1.54) is 5.56 Å². The highest BCUT2D eigenvalue weighted by molar-refractivity contribution is 5.97. The summed E-state index contributed by atoms with van der Waals surface area (Å²) in [6.07, 6.45) is 1.66. The Kier molecular flexibility index (Phi) is 3.53. The van der Waals surface area contributed by atoms with Crippen LogP contribution in [0.25, 0.3) is 0 Å². The fourth-order valence-corrected chi connectivity index (χ4v) is 2.60. The first kappa shape index (κ1) is 12.8. The van der Waals surface area contributed by atoms with E-state index in [4.69, 9.17) is 9.84 Å². The number of benzene rings is 1. The average Bonchev–Trinajstić information content (AvgIpc) is 2.79. The van der Waals surface area contributed by atoms with Crippen LogP contribution in [0.3, 0.4) is 0 Å². The first-order chi connectivity index (χ1) is 8.58. The third-order valence-electron chi connectivity index (χ3n) is 3.64. The lowest BCUT2D eigenvalue weighted by atomic mass is 9.98. The number of carbonyl (C=O) groups is 1. The number of ketones is 1. The van der Waals surface area contributed by atoms with Crippen LogP contribution < -0.4 is 4.74 Å². The van der Waals surface area contributed by atoms with Crippen LogP contribution in [0.5, 0.6) is 5.75 Å². The summed E-state index contributed by atoms with van der Waals surface area (Å²) in [6, 6.07) is 3.81. The van der Waals surface area contributed by atoms with Gasteiger partial charge in [-0.05, 0) is 48.4 Å². The second kappa shape index (κ2) is 4.94. The number of aliphatic hydroxyl groups excluding tert-OH is 1. The summed E-state index contributed by atoms with van der Waals surface area (Å²) in [6.45, 7) is 5.45. The number of Topliss-reactive ketones (excluding diaryl/α,β-unsaturated/α-hetero) is 1.